The first-order valence-electron chi connectivity index (χ1n) is 12.5. The van der Waals surface area contributed by atoms with Gasteiger partial charge in [0, 0.05) is 83.0 Å². The molecule has 2 N–H and O–H groups in total. The maximum atomic E-state index is 15.7. The molecule has 0 unspecified atom stereocenters. The van der Waals surface area contributed by atoms with Crippen molar-refractivity contribution in [3.8, 4) is 5.75 Å². The van der Waals surface area contributed by atoms with Crippen molar-refractivity contribution < 1.29 is 23.1 Å². The van der Waals surface area contributed by atoms with Crippen LogP contribution in [-0.4, -0.2) is 79.9 Å². The zero-order valence-electron chi connectivity index (χ0n) is 20.2. The quantitative estimate of drug-likeness (QED) is 0.474. The van der Waals surface area contributed by atoms with Gasteiger partial charge in [0.15, 0.2) is 5.67 Å². The van der Waals surface area contributed by atoms with Gasteiger partial charge in [0.2, 0.25) is 0 Å². The number of rotatable bonds is 6. The van der Waals surface area contributed by atoms with E-state index in [0.29, 0.717) is 61.9 Å². The van der Waals surface area contributed by atoms with E-state index >= 15 is 4.39 Å². The van der Waals surface area contributed by atoms with Crippen LogP contribution in [0.2, 0.25) is 0 Å². The fourth-order valence-corrected chi connectivity index (χ4v) is 5.36. The molecule has 35 heavy (non-hydrogen) atoms. The number of alkyl halides is 1. The Hall–Kier alpha value is -2.49. The number of hydrogen-bond donors (Lipinski definition) is 2. The summed E-state index contributed by atoms with van der Waals surface area (Å²) in [6.45, 7) is 4.84. The fourth-order valence-electron chi connectivity index (χ4n) is 5.36. The Morgan fingerprint density at radius 2 is 1.97 bits per heavy atom. The van der Waals surface area contributed by atoms with E-state index in [1.165, 1.54) is 19.2 Å². The highest BCUT2D eigenvalue weighted by atomic mass is 19.1. The van der Waals surface area contributed by atoms with Crippen LogP contribution < -0.4 is 15.5 Å². The molecule has 0 aromatic heterocycles. The second-order valence-corrected chi connectivity index (χ2v) is 10.1. The molecule has 1 aromatic carbocycles. The Labute approximate surface area is 205 Å². The first kappa shape index (κ1) is 24.2. The van der Waals surface area contributed by atoms with E-state index in [1.54, 1.807) is 11.0 Å². The van der Waals surface area contributed by atoms with Crippen molar-refractivity contribution in [2.24, 2.45) is 5.92 Å². The number of ether oxygens (including phenoxy) is 1. The summed E-state index contributed by atoms with van der Waals surface area (Å²) in [6, 6.07) is 4.37. The summed E-state index contributed by atoms with van der Waals surface area (Å²) in [5.41, 5.74) is 1.58. The lowest BCUT2D eigenvalue weighted by Gasteiger charge is -2.45. The topological polar surface area (TPSA) is 66.1 Å². The lowest BCUT2D eigenvalue weighted by molar-refractivity contribution is -0.150. The highest BCUT2D eigenvalue weighted by molar-refractivity contribution is 5.85. The van der Waals surface area contributed by atoms with E-state index in [1.807, 2.05) is 6.08 Å². The van der Waals surface area contributed by atoms with Crippen LogP contribution in [0.25, 0.3) is 5.70 Å². The molecule has 3 fully saturated rings. The third-order valence-electron chi connectivity index (χ3n) is 7.68. The molecular weight excluding hydrogens is 454 g/mol. The molecule has 3 saturated heterocycles. The van der Waals surface area contributed by atoms with Gasteiger partial charge in [-0.15, -0.1) is 0 Å². The normalized spacial score (nSPS) is 24.0. The van der Waals surface area contributed by atoms with E-state index in [4.69, 9.17) is 9.57 Å². The first-order chi connectivity index (χ1) is 16.9. The van der Waals surface area contributed by atoms with Crippen molar-refractivity contribution in [3.63, 3.8) is 0 Å². The summed E-state index contributed by atoms with van der Waals surface area (Å²) in [7, 11) is 1.50. The van der Waals surface area contributed by atoms with Gasteiger partial charge in [-0.3, -0.25) is 20.0 Å². The summed E-state index contributed by atoms with van der Waals surface area (Å²) < 4.78 is 35.8. The number of nitrogens with one attached hydrogen (secondary N) is 2. The zero-order valence-corrected chi connectivity index (χ0v) is 20.2. The average molecular weight is 489 g/mol. The molecule has 1 amide bonds. The van der Waals surface area contributed by atoms with E-state index in [-0.39, 0.29) is 18.7 Å². The number of benzene rings is 1. The monoisotopic (exact) mass is 488 g/mol. The summed E-state index contributed by atoms with van der Waals surface area (Å²) in [5, 5.41) is 3.25. The van der Waals surface area contributed by atoms with Gasteiger partial charge in [-0.25, -0.2) is 8.78 Å². The third-order valence-corrected chi connectivity index (χ3v) is 7.68. The lowest BCUT2D eigenvalue weighted by Crippen LogP contribution is -2.57. The van der Waals surface area contributed by atoms with Crippen LogP contribution in [0.1, 0.15) is 31.2 Å². The molecule has 0 atom stereocenters. The Kier molecular flexibility index (Phi) is 6.83. The van der Waals surface area contributed by atoms with Crippen LogP contribution >= 0.6 is 0 Å². The smallest absolute Gasteiger partial charge is 0.260 e. The van der Waals surface area contributed by atoms with Crippen LogP contribution in [0.4, 0.5) is 8.78 Å². The van der Waals surface area contributed by atoms with Crippen molar-refractivity contribution in [1.29, 1.82) is 0 Å². The Bertz CT molecular complexity index is 994. The predicted molar refractivity (Wildman–Crippen MR) is 129 cm³/mol. The minimum atomic E-state index is -1.81. The molecule has 4 aliphatic rings. The van der Waals surface area contributed by atoms with Crippen LogP contribution in [0, 0.1) is 11.7 Å². The van der Waals surface area contributed by atoms with Gasteiger partial charge >= 0.3 is 0 Å². The van der Waals surface area contributed by atoms with Gasteiger partial charge in [-0.05, 0) is 24.3 Å². The highest BCUT2D eigenvalue weighted by Crippen LogP contribution is 2.41. The Morgan fingerprint density at radius 3 is 2.63 bits per heavy atom. The number of halogens is 2. The van der Waals surface area contributed by atoms with Gasteiger partial charge in [0.1, 0.15) is 17.2 Å². The number of amides is 1. The number of hydroxylamine groups is 1. The minimum Gasteiger partial charge on any atom is -0.482 e. The number of piperidine rings is 2. The Morgan fingerprint density at radius 1 is 1.23 bits per heavy atom. The second-order valence-electron chi connectivity index (χ2n) is 10.1. The van der Waals surface area contributed by atoms with Crippen LogP contribution in [0.5, 0.6) is 5.75 Å². The fraction of sp³-hybridized carbons (Fsp3) is 0.577. The van der Waals surface area contributed by atoms with Crippen molar-refractivity contribution in [3.05, 3.63) is 47.8 Å². The molecule has 4 heterocycles. The van der Waals surface area contributed by atoms with Crippen molar-refractivity contribution in [2.45, 2.75) is 37.0 Å². The SMILES string of the molecule is CONC1=CC2(CCN(C(=O)C3(F)CCN(CC=CC4CNC4)CC3)CC2)Oc2ccc(F)cc21. The maximum Gasteiger partial charge on any atom is 0.260 e. The zero-order chi connectivity index (χ0) is 24.5. The number of likely N-dealkylation sites (tertiary alicyclic amines) is 2. The van der Waals surface area contributed by atoms with Gasteiger partial charge < -0.3 is 15.0 Å². The van der Waals surface area contributed by atoms with Gasteiger partial charge in [-0.2, -0.15) is 0 Å². The molecule has 0 aliphatic carbocycles. The molecular formula is C26H34F2N4O3. The summed E-state index contributed by atoms with van der Waals surface area (Å²) in [4.78, 5) is 22.1. The van der Waals surface area contributed by atoms with E-state index < -0.39 is 17.2 Å². The summed E-state index contributed by atoms with van der Waals surface area (Å²) >= 11 is 0. The van der Waals surface area contributed by atoms with Gasteiger partial charge in [0.05, 0.1) is 12.8 Å². The van der Waals surface area contributed by atoms with Crippen LogP contribution in [0.3, 0.4) is 0 Å². The van der Waals surface area contributed by atoms with E-state index in [0.717, 1.165) is 19.6 Å². The van der Waals surface area contributed by atoms with Gasteiger partial charge in [0.25, 0.3) is 5.91 Å². The minimum absolute atomic E-state index is 0.226. The second kappa shape index (κ2) is 9.87. The standard InChI is InChI=1S/C26H34F2N4O3/c1-34-30-22-16-25(35-23-5-4-20(27)15-21(22)23)6-13-32(14-7-25)24(33)26(28)8-11-31(12-9-26)10-2-3-19-17-29-18-19/h2-5,15-16,19,29-30H,6-14,17-18H2,1H3. The molecule has 0 saturated carbocycles. The number of fused-ring (bicyclic) bond motifs is 1. The number of carbonyl (C=O) groups is 1. The largest absolute Gasteiger partial charge is 0.482 e. The molecule has 0 bridgehead atoms. The first-order valence-corrected chi connectivity index (χ1v) is 12.5. The molecule has 1 aromatic rings. The third kappa shape index (κ3) is 5.08. The van der Waals surface area contributed by atoms with E-state index in [2.05, 4.69) is 27.8 Å². The predicted octanol–water partition coefficient (Wildman–Crippen LogP) is 2.65. The van der Waals surface area contributed by atoms with Gasteiger partial charge in [-0.1, -0.05) is 12.2 Å². The number of carbonyl (C=O) groups excluding carboxylic acids is 1. The average Bonchev–Trinajstić information content (AvgIpc) is 2.83. The van der Waals surface area contributed by atoms with E-state index in [9.17, 15) is 9.18 Å². The number of nitrogens with zero attached hydrogens (tertiary/aromatic N) is 2. The molecule has 7 nitrogen and oxygen atoms in total. The number of hydrogen-bond acceptors (Lipinski definition) is 6. The maximum absolute atomic E-state index is 15.7. The van der Waals surface area contributed by atoms with Crippen molar-refractivity contribution in [2.75, 3.05) is 52.9 Å². The molecule has 4 aliphatic heterocycles. The van der Waals surface area contributed by atoms with Crippen molar-refractivity contribution in [1.82, 2.24) is 20.6 Å². The molecule has 190 valence electrons. The highest BCUT2D eigenvalue weighted by Gasteiger charge is 2.47. The molecule has 0 radical (unpaired) electrons. The van der Waals surface area contributed by atoms with Crippen LogP contribution in [-0.2, 0) is 9.63 Å². The summed E-state index contributed by atoms with van der Waals surface area (Å²) in [6.07, 6.45) is 7.79. The lowest BCUT2D eigenvalue weighted by atomic mass is 9.85. The summed E-state index contributed by atoms with van der Waals surface area (Å²) in [5.74, 6) is 0.410. The Balaban J connectivity index is 1.18. The molecule has 5 rings (SSSR count). The molecule has 9 heteroatoms. The van der Waals surface area contributed by atoms with Crippen molar-refractivity contribution >= 4 is 11.6 Å². The molecule has 1 spiro atoms. The van der Waals surface area contributed by atoms with Crippen LogP contribution in [0.15, 0.2) is 36.4 Å².